The molecule has 1 aromatic heterocycles. The van der Waals surface area contributed by atoms with Gasteiger partial charge >= 0.3 is 0 Å². The fourth-order valence-corrected chi connectivity index (χ4v) is 3.63. The number of hydrogen-bond donors (Lipinski definition) is 0. The highest BCUT2D eigenvalue weighted by Gasteiger charge is 2.12. The molecule has 0 radical (unpaired) electrons. The van der Waals surface area contributed by atoms with E-state index in [0.29, 0.717) is 33.1 Å². The second-order valence-corrected chi connectivity index (χ2v) is 8.43. The third-order valence-electron chi connectivity index (χ3n) is 4.79. The predicted octanol–water partition coefficient (Wildman–Crippen LogP) is 5.49. The summed E-state index contributed by atoms with van der Waals surface area (Å²) in [6, 6.07) is 16.5. The van der Waals surface area contributed by atoms with Gasteiger partial charge in [0.2, 0.25) is 0 Å². The van der Waals surface area contributed by atoms with Crippen LogP contribution in [0.5, 0.6) is 5.75 Å². The van der Waals surface area contributed by atoms with E-state index in [1.807, 2.05) is 12.1 Å². The van der Waals surface area contributed by atoms with Crippen LogP contribution in [0.3, 0.4) is 0 Å². The summed E-state index contributed by atoms with van der Waals surface area (Å²) >= 11 is 9.27. The lowest BCUT2D eigenvalue weighted by Gasteiger charge is -2.10. The Morgan fingerprint density at radius 3 is 2.67 bits per heavy atom. The molecule has 0 unspecified atom stereocenters. The molecule has 3 aromatic carbocycles. The van der Waals surface area contributed by atoms with Gasteiger partial charge in [-0.1, -0.05) is 39.7 Å². The summed E-state index contributed by atoms with van der Waals surface area (Å²) in [5, 5.41) is 16.5. The normalized spacial score (nSPS) is 11.2. The Hall–Kier alpha value is -3.56. The second-order valence-electron chi connectivity index (χ2n) is 7.08. The number of rotatable bonds is 6. The lowest BCUT2D eigenvalue weighted by atomic mass is 10.2. The Labute approximate surface area is 201 Å². The molecule has 0 N–H and O–H groups in total. The second kappa shape index (κ2) is 9.51. The van der Waals surface area contributed by atoms with Gasteiger partial charge in [0.15, 0.2) is 0 Å². The van der Waals surface area contributed by atoms with Crippen LogP contribution in [0.4, 0.5) is 5.69 Å². The minimum atomic E-state index is -0.507. The van der Waals surface area contributed by atoms with Crippen LogP contribution in [0.25, 0.3) is 10.9 Å². The van der Waals surface area contributed by atoms with E-state index in [9.17, 15) is 14.9 Å². The van der Waals surface area contributed by atoms with E-state index in [1.54, 1.807) is 37.3 Å². The zero-order valence-corrected chi connectivity index (χ0v) is 19.6. The van der Waals surface area contributed by atoms with E-state index in [-0.39, 0.29) is 17.9 Å². The van der Waals surface area contributed by atoms with Crippen LogP contribution in [0.15, 0.2) is 75.0 Å². The summed E-state index contributed by atoms with van der Waals surface area (Å²) in [7, 11) is 0. The molecule has 0 aliphatic heterocycles. The Morgan fingerprint density at radius 1 is 1.18 bits per heavy atom. The maximum atomic E-state index is 13.0. The highest BCUT2D eigenvalue weighted by atomic mass is 79.9. The van der Waals surface area contributed by atoms with Crippen molar-refractivity contribution < 1.29 is 9.66 Å². The van der Waals surface area contributed by atoms with Crippen molar-refractivity contribution in [2.75, 3.05) is 0 Å². The molecule has 0 saturated carbocycles. The molecule has 0 bridgehead atoms. The van der Waals surface area contributed by atoms with Crippen molar-refractivity contribution in [3.8, 4) is 5.75 Å². The number of non-ortho nitro benzene ring substituents is 1. The quantitative estimate of drug-likeness (QED) is 0.187. The zero-order valence-electron chi connectivity index (χ0n) is 17.2. The summed E-state index contributed by atoms with van der Waals surface area (Å²) in [4.78, 5) is 28.1. The van der Waals surface area contributed by atoms with E-state index in [1.165, 1.54) is 24.4 Å². The number of fused-ring (bicyclic) bond motifs is 1. The van der Waals surface area contributed by atoms with E-state index in [4.69, 9.17) is 16.3 Å². The number of hydrogen-bond acceptors (Lipinski definition) is 6. The van der Waals surface area contributed by atoms with Crippen LogP contribution in [0, 0.1) is 17.0 Å². The molecule has 8 nitrogen and oxygen atoms in total. The summed E-state index contributed by atoms with van der Waals surface area (Å²) in [6.45, 7) is 1.88. The first kappa shape index (κ1) is 22.6. The van der Waals surface area contributed by atoms with Gasteiger partial charge in [-0.05, 0) is 48.9 Å². The molecular formula is C23H16BrClN4O4. The molecule has 0 fully saturated rings. The van der Waals surface area contributed by atoms with Crippen molar-refractivity contribution in [2.24, 2.45) is 5.10 Å². The first-order valence-electron chi connectivity index (χ1n) is 9.71. The Kier molecular flexibility index (Phi) is 6.52. The third kappa shape index (κ3) is 5.10. The van der Waals surface area contributed by atoms with E-state index in [2.05, 4.69) is 26.0 Å². The summed E-state index contributed by atoms with van der Waals surface area (Å²) in [5.74, 6) is 0.752. The third-order valence-corrected chi connectivity index (χ3v) is 5.54. The Balaban J connectivity index is 1.71. The highest BCUT2D eigenvalue weighted by molar-refractivity contribution is 9.10. The largest absolute Gasteiger partial charge is 0.488 e. The average molecular weight is 528 g/mol. The zero-order chi connectivity index (χ0) is 23.5. The molecule has 0 aliphatic carbocycles. The van der Waals surface area contributed by atoms with E-state index < -0.39 is 4.92 Å². The minimum absolute atomic E-state index is 0.125. The van der Waals surface area contributed by atoms with Gasteiger partial charge in [-0.25, -0.2) is 4.98 Å². The molecule has 0 aliphatic rings. The van der Waals surface area contributed by atoms with Gasteiger partial charge in [0.25, 0.3) is 11.2 Å². The van der Waals surface area contributed by atoms with Crippen LogP contribution in [0.2, 0.25) is 5.02 Å². The van der Waals surface area contributed by atoms with Crippen LogP contribution in [-0.4, -0.2) is 20.8 Å². The smallest absolute Gasteiger partial charge is 0.282 e. The minimum Gasteiger partial charge on any atom is -0.488 e. The van der Waals surface area contributed by atoms with Gasteiger partial charge in [0, 0.05) is 27.2 Å². The number of nitro groups is 1. The number of aromatic nitrogens is 2. The standard InChI is InChI=1S/C23H16BrClN4O4/c1-14-27-21-8-4-17(24)11-20(21)23(30)28(14)26-12-16-10-19(29(31)32)7-9-22(16)33-13-15-2-5-18(25)6-3-15/h2-12H,13H2,1H3. The first-order valence-corrected chi connectivity index (χ1v) is 10.9. The molecule has 0 amide bonds. The van der Waals surface area contributed by atoms with Crippen LogP contribution < -0.4 is 10.3 Å². The SMILES string of the molecule is Cc1nc2ccc(Br)cc2c(=O)n1N=Cc1cc([N+](=O)[O-])ccc1OCc1ccc(Cl)cc1. The summed E-state index contributed by atoms with van der Waals surface area (Å²) in [5.41, 5.74) is 1.29. The molecule has 0 saturated heterocycles. The topological polar surface area (TPSA) is 99.6 Å². The van der Waals surface area contributed by atoms with Gasteiger partial charge in [0.1, 0.15) is 18.2 Å². The molecule has 1 heterocycles. The lowest BCUT2D eigenvalue weighted by Crippen LogP contribution is -2.20. The number of aryl methyl sites for hydroxylation is 1. The molecule has 4 aromatic rings. The fraction of sp³-hybridized carbons (Fsp3) is 0.0870. The molecule has 10 heteroatoms. The van der Waals surface area contributed by atoms with Crippen LogP contribution in [0.1, 0.15) is 17.0 Å². The van der Waals surface area contributed by atoms with Gasteiger partial charge < -0.3 is 4.74 Å². The fourth-order valence-electron chi connectivity index (χ4n) is 3.14. The van der Waals surface area contributed by atoms with Crippen molar-refractivity contribution in [1.82, 2.24) is 9.66 Å². The summed E-state index contributed by atoms with van der Waals surface area (Å²) < 4.78 is 7.76. The number of nitro benzene ring substituents is 1. The molecule has 4 rings (SSSR count). The van der Waals surface area contributed by atoms with Crippen molar-refractivity contribution in [3.63, 3.8) is 0 Å². The number of ether oxygens (including phenoxy) is 1. The number of benzene rings is 3. The number of nitrogens with zero attached hydrogens (tertiary/aromatic N) is 4. The molecule has 33 heavy (non-hydrogen) atoms. The number of halogens is 2. The van der Waals surface area contributed by atoms with Crippen LogP contribution in [-0.2, 0) is 6.61 Å². The molecule has 0 atom stereocenters. The molecule has 0 spiro atoms. The lowest BCUT2D eigenvalue weighted by molar-refractivity contribution is -0.384. The predicted molar refractivity (Wildman–Crippen MR) is 130 cm³/mol. The monoisotopic (exact) mass is 526 g/mol. The molecular weight excluding hydrogens is 512 g/mol. The van der Waals surface area contributed by atoms with Crippen molar-refractivity contribution >= 4 is 50.3 Å². The highest BCUT2D eigenvalue weighted by Crippen LogP contribution is 2.24. The Bertz CT molecular complexity index is 1450. The first-order chi connectivity index (χ1) is 15.8. The van der Waals surface area contributed by atoms with Gasteiger partial charge in [-0.2, -0.15) is 9.78 Å². The van der Waals surface area contributed by atoms with E-state index in [0.717, 1.165) is 14.7 Å². The Morgan fingerprint density at radius 2 is 1.94 bits per heavy atom. The van der Waals surface area contributed by atoms with Gasteiger partial charge in [-0.15, -0.1) is 0 Å². The van der Waals surface area contributed by atoms with Crippen LogP contribution >= 0.6 is 27.5 Å². The van der Waals surface area contributed by atoms with Crippen molar-refractivity contribution in [1.29, 1.82) is 0 Å². The van der Waals surface area contributed by atoms with Crippen molar-refractivity contribution in [2.45, 2.75) is 13.5 Å². The van der Waals surface area contributed by atoms with Gasteiger partial charge in [-0.3, -0.25) is 14.9 Å². The average Bonchev–Trinajstić information content (AvgIpc) is 2.79. The maximum absolute atomic E-state index is 13.0. The van der Waals surface area contributed by atoms with Gasteiger partial charge in [0.05, 0.1) is 22.0 Å². The maximum Gasteiger partial charge on any atom is 0.282 e. The van der Waals surface area contributed by atoms with E-state index >= 15 is 0 Å². The summed E-state index contributed by atoms with van der Waals surface area (Å²) in [6.07, 6.45) is 1.35. The van der Waals surface area contributed by atoms with Crippen molar-refractivity contribution in [3.05, 3.63) is 108 Å². The molecule has 166 valence electrons.